The standard InChI is InChI=1S/C23H28BrClN2O3/c1-15(2)12-26-23(29)17(4)27(13-18-7-5-6-8-21(18)25)22(28)14-30-19-9-10-20(24)16(3)11-19/h5-11,15,17H,12-14H2,1-4H3,(H,26,29)/t17-/m0/s1. The summed E-state index contributed by atoms with van der Waals surface area (Å²) < 4.78 is 6.67. The molecule has 1 atom stereocenters. The Hall–Kier alpha value is -2.05. The van der Waals surface area contributed by atoms with E-state index in [0.29, 0.717) is 23.2 Å². The van der Waals surface area contributed by atoms with E-state index < -0.39 is 6.04 Å². The highest BCUT2D eigenvalue weighted by Gasteiger charge is 2.27. The van der Waals surface area contributed by atoms with Gasteiger partial charge in [-0.15, -0.1) is 0 Å². The number of benzene rings is 2. The van der Waals surface area contributed by atoms with Gasteiger partial charge in [0.15, 0.2) is 6.61 Å². The monoisotopic (exact) mass is 494 g/mol. The number of carbonyl (C=O) groups is 2. The number of halogens is 2. The lowest BCUT2D eigenvalue weighted by atomic mass is 10.1. The highest BCUT2D eigenvalue weighted by molar-refractivity contribution is 9.10. The van der Waals surface area contributed by atoms with Crippen molar-refractivity contribution in [1.82, 2.24) is 10.2 Å². The van der Waals surface area contributed by atoms with Crippen molar-refractivity contribution in [3.05, 3.63) is 63.1 Å². The fraction of sp³-hybridized carbons (Fsp3) is 0.391. The lowest BCUT2D eigenvalue weighted by Crippen LogP contribution is -2.49. The molecular formula is C23H28BrClN2O3. The summed E-state index contributed by atoms with van der Waals surface area (Å²) in [6.45, 7) is 8.30. The zero-order valence-corrected chi connectivity index (χ0v) is 20.1. The number of carbonyl (C=O) groups excluding carboxylic acids is 2. The van der Waals surface area contributed by atoms with Crippen molar-refractivity contribution in [2.45, 2.75) is 40.3 Å². The molecule has 1 N–H and O–H groups in total. The van der Waals surface area contributed by atoms with Crippen molar-refractivity contribution in [3.63, 3.8) is 0 Å². The van der Waals surface area contributed by atoms with Crippen LogP contribution in [0.5, 0.6) is 5.75 Å². The molecule has 5 nitrogen and oxygen atoms in total. The second-order valence-electron chi connectivity index (χ2n) is 7.63. The predicted octanol–water partition coefficient (Wildman–Crippen LogP) is 4.98. The van der Waals surface area contributed by atoms with Crippen LogP contribution in [0.3, 0.4) is 0 Å². The molecule has 0 unspecified atom stereocenters. The van der Waals surface area contributed by atoms with Gasteiger partial charge in [-0.1, -0.05) is 59.6 Å². The van der Waals surface area contributed by atoms with E-state index in [1.807, 2.05) is 51.1 Å². The minimum atomic E-state index is -0.664. The Labute approximate surface area is 191 Å². The van der Waals surface area contributed by atoms with E-state index in [0.717, 1.165) is 15.6 Å². The van der Waals surface area contributed by atoms with Crippen LogP contribution in [0.1, 0.15) is 31.9 Å². The topological polar surface area (TPSA) is 58.6 Å². The Morgan fingerprint density at radius 3 is 2.50 bits per heavy atom. The first kappa shape index (κ1) is 24.2. The van der Waals surface area contributed by atoms with Gasteiger partial charge in [0.1, 0.15) is 11.8 Å². The van der Waals surface area contributed by atoms with Crippen LogP contribution >= 0.6 is 27.5 Å². The summed E-state index contributed by atoms with van der Waals surface area (Å²) in [6.07, 6.45) is 0. The molecule has 30 heavy (non-hydrogen) atoms. The van der Waals surface area contributed by atoms with Crippen LogP contribution in [-0.2, 0) is 16.1 Å². The molecule has 0 heterocycles. The Morgan fingerprint density at radius 2 is 1.87 bits per heavy atom. The lowest BCUT2D eigenvalue weighted by molar-refractivity contribution is -0.142. The predicted molar refractivity (Wildman–Crippen MR) is 124 cm³/mol. The van der Waals surface area contributed by atoms with Crippen molar-refractivity contribution in [1.29, 1.82) is 0 Å². The Bertz CT molecular complexity index is 889. The molecule has 2 rings (SSSR count). The van der Waals surface area contributed by atoms with Crippen LogP contribution in [0, 0.1) is 12.8 Å². The average molecular weight is 496 g/mol. The Kier molecular flexibility index (Phi) is 9.18. The molecule has 2 aromatic carbocycles. The first-order valence-electron chi connectivity index (χ1n) is 9.88. The zero-order valence-electron chi connectivity index (χ0n) is 17.7. The summed E-state index contributed by atoms with van der Waals surface area (Å²) in [5.41, 5.74) is 1.78. The van der Waals surface area contributed by atoms with Crippen molar-refractivity contribution in [2.24, 2.45) is 5.92 Å². The van der Waals surface area contributed by atoms with Gasteiger partial charge in [0.2, 0.25) is 5.91 Å². The normalized spacial score (nSPS) is 11.8. The molecule has 0 radical (unpaired) electrons. The average Bonchev–Trinajstić information content (AvgIpc) is 2.71. The summed E-state index contributed by atoms with van der Waals surface area (Å²) >= 11 is 9.74. The van der Waals surface area contributed by atoms with E-state index >= 15 is 0 Å². The second-order valence-corrected chi connectivity index (χ2v) is 8.89. The molecular weight excluding hydrogens is 468 g/mol. The molecule has 162 valence electrons. The van der Waals surface area contributed by atoms with Gasteiger partial charge in [0.25, 0.3) is 5.91 Å². The maximum atomic E-state index is 13.0. The van der Waals surface area contributed by atoms with Gasteiger partial charge in [-0.25, -0.2) is 0 Å². The number of rotatable bonds is 9. The molecule has 0 spiro atoms. The molecule has 2 aromatic rings. The second kappa shape index (κ2) is 11.4. The molecule has 0 aliphatic carbocycles. The van der Waals surface area contributed by atoms with Gasteiger partial charge in [0, 0.05) is 22.6 Å². The number of hydrogen-bond acceptors (Lipinski definition) is 3. The summed E-state index contributed by atoms with van der Waals surface area (Å²) in [5.74, 6) is 0.419. The fourth-order valence-electron chi connectivity index (χ4n) is 2.78. The van der Waals surface area contributed by atoms with Gasteiger partial charge < -0.3 is 15.0 Å². The zero-order chi connectivity index (χ0) is 22.3. The maximum absolute atomic E-state index is 13.0. The molecule has 0 saturated carbocycles. The molecule has 0 aliphatic heterocycles. The fourth-order valence-corrected chi connectivity index (χ4v) is 3.22. The quantitative estimate of drug-likeness (QED) is 0.534. The van der Waals surface area contributed by atoms with Crippen LogP contribution in [0.25, 0.3) is 0 Å². The smallest absolute Gasteiger partial charge is 0.261 e. The van der Waals surface area contributed by atoms with Crippen LogP contribution in [-0.4, -0.2) is 35.9 Å². The van der Waals surface area contributed by atoms with Crippen LogP contribution in [0.2, 0.25) is 5.02 Å². The summed E-state index contributed by atoms with van der Waals surface area (Å²) in [4.78, 5) is 27.2. The number of nitrogens with one attached hydrogen (secondary N) is 1. The Balaban J connectivity index is 2.16. The highest BCUT2D eigenvalue weighted by atomic mass is 79.9. The molecule has 7 heteroatoms. The maximum Gasteiger partial charge on any atom is 0.261 e. The molecule has 0 bridgehead atoms. The number of aryl methyl sites for hydroxylation is 1. The first-order chi connectivity index (χ1) is 14.2. The first-order valence-corrected chi connectivity index (χ1v) is 11.1. The minimum Gasteiger partial charge on any atom is -0.484 e. The van der Waals surface area contributed by atoms with Gasteiger partial charge in [-0.3, -0.25) is 9.59 Å². The van der Waals surface area contributed by atoms with E-state index in [4.69, 9.17) is 16.3 Å². The third-order valence-electron chi connectivity index (χ3n) is 4.64. The molecule has 0 aliphatic rings. The molecule has 0 fully saturated rings. The number of amides is 2. The number of hydrogen-bond donors (Lipinski definition) is 1. The third kappa shape index (κ3) is 7.03. The van der Waals surface area contributed by atoms with E-state index in [1.54, 1.807) is 19.1 Å². The van der Waals surface area contributed by atoms with Gasteiger partial charge in [0.05, 0.1) is 0 Å². The van der Waals surface area contributed by atoms with Crippen LogP contribution < -0.4 is 10.1 Å². The summed E-state index contributed by atoms with van der Waals surface area (Å²) in [5, 5.41) is 3.44. The van der Waals surface area contributed by atoms with Gasteiger partial charge in [-0.2, -0.15) is 0 Å². The summed E-state index contributed by atoms with van der Waals surface area (Å²) in [7, 11) is 0. The third-order valence-corrected chi connectivity index (χ3v) is 5.90. The van der Waals surface area contributed by atoms with E-state index in [-0.39, 0.29) is 25.0 Å². The van der Waals surface area contributed by atoms with Crippen molar-refractivity contribution < 1.29 is 14.3 Å². The van der Waals surface area contributed by atoms with Crippen molar-refractivity contribution in [2.75, 3.05) is 13.2 Å². The molecule has 0 saturated heterocycles. The van der Waals surface area contributed by atoms with E-state index in [2.05, 4.69) is 21.2 Å². The van der Waals surface area contributed by atoms with Crippen LogP contribution in [0.4, 0.5) is 0 Å². The number of ether oxygens (including phenoxy) is 1. The van der Waals surface area contributed by atoms with E-state index in [9.17, 15) is 9.59 Å². The molecule has 2 amide bonds. The highest BCUT2D eigenvalue weighted by Crippen LogP contribution is 2.22. The molecule has 0 aromatic heterocycles. The minimum absolute atomic E-state index is 0.173. The van der Waals surface area contributed by atoms with E-state index in [1.165, 1.54) is 4.90 Å². The van der Waals surface area contributed by atoms with Crippen LogP contribution in [0.15, 0.2) is 46.9 Å². The lowest BCUT2D eigenvalue weighted by Gasteiger charge is -2.29. The Morgan fingerprint density at radius 1 is 1.17 bits per heavy atom. The van der Waals surface area contributed by atoms with Gasteiger partial charge in [-0.05, 0) is 55.2 Å². The van der Waals surface area contributed by atoms with Crippen molar-refractivity contribution in [3.8, 4) is 5.75 Å². The SMILES string of the molecule is Cc1cc(OCC(=O)N(Cc2ccccc2Cl)[C@@H](C)C(=O)NCC(C)C)ccc1Br. The largest absolute Gasteiger partial charge is 0.484 e. The van der Waals surface area contributed by atoms with Crippen molar-refractivity contribution >= 4 is 39.3 Å². The van der Waals surface area contributed by atoms with Gasteiger partial charge >= 0.3 is 0 Å². The summed E-state index contributed by atoms with van der Waals surface area (Å²) in [6, 6.07) is 12.2. The number of nitrogens with zero attached hydrogens (tertiary/aromatic N) is 1.